The largest absolute Gasteiger partial charge is 0.293 e. The summed E-state index contributed by atoms with van der Waals surface area (Å²) in [6, 6.07) is 20.8. The molecule has 1 amide bonds. The summed E-state index contributed by atoms with van der Waals surface area (Å²) in [4.78, 5) is 15.2. The lowest BCUT2D eigenvalue weighted by atomic mass is 9.82. The van der Waals surface area contributed by atoms with Crippen LogP contribution in [-0.4, -0.2) is 21.7 Å². The van der Waals surface area contributed by atoms with E-state index in [4.69, 9.17) is 5.10 Å². The molecule has 3 aromatic rings. The molecule has 0 bridgehead atoms. The first-order valence-electron chi connectivity index (χ1n) is 11.1. The van der Waals surface area contributed by atoms with E-state index in [1.807, 2.05) is 40.0 Å². The van der Waals surface area contributed by atoms with Crippen LogP contribution in [0.2, 0.25) is 0 Å². The molecule has 4 nitrogen and oxygen atoms in total. The minimum Gasteiger partial charge on any atom is -0.293 e. The minimum atomic E-state index is 0.0839. The molecule has 1 aliphatic rings. The smallest absolute Gasteiger partial charge is 0.231 e. The number of hydrogen-bond acceptors (Lipinski definition) is 2. The van der Waals surface area contributed by atoms with E-state index in [2.05, 4.69) is 57.2 Å². The number of nitrogens with zero attached hydrogens (tertiary/aromatic N) is 3. The van der Waals surface area contributed by atoms with Gasteiger partial charge in [0.2, 0.25) is 5.91 Å². The predicted molar refractivity (Wildman–Crippen MR) is 123 cm³/mol. The van der Waals surface area contributed by atoms with Gasteiger partial charge in [0.05, 0.1) is 5.69 Å². The SMILES string of the molecule is CC1CCC(C(=O)N(c2ccn(-c3ccc(-c4ccccc4)cc3)n2)C(C)C)CC1. The molecule has 1 aromatic heterocycles. The summed E-state index contributed by atoms with van der Waals surface area (Å²) in [5.41, 5.74) is 3.37. The van der Waals surface area contributed by atoms with Crippen molar-refractivity contribution in [3.63, 3.8) is 0 Å². The molecule has 0 radical (unpaired) electrons. The van der Waals surface area contributed by atoms with E-state index in [1.54, 1.807) is 0 Å². The lowest BCUT2D eigenvalue weighted by molar-refractivity contribution is -0.123. The molecular weight excluding hydrogens is 370 g/mol. The average Bonchev–Trinajstić information content (AvgIpc) is 3.24. The highest BCUT2D eigenvalue weighted by Crippen LogP contribution is 2.31. The van der Waals surface area contributed by atoms with Crippen LogP contribution in [0.1, 0.15) is 46.5 Å². The van der Waals surface area contributed by atoms with E-state index in [0.29, 0.717) is 0 Å². The molecule has 156 valence electrons. The topological polar surface area (TPSA) is 38.1 Å². The number of rotatable bonds is 5. The van der Waals surface area contributed by atoms with Gasteiger partial charge in [0, 0.05) is 24.2 Å². The first-order valence-corrected chi connectivity index (χ1v) is 11.1. The van der Waals surface area contributed by atoms with Crippen LogP contribution in [0.15, 0.2) is 66.9 Å². The molecule has 0 saturated heterocycles. The van der Waals surface area contributed by atoms with Gasteiger partial charge in [0.1, 0.15) is 0 Å². The Kier molecular flexibility index (Phi) is 6.03. The van der Waals surface area contributed by atoms with Crippen molar-refractivity contribution < 1.29 is 4.79 Å². The van der Waals surface area contributed by atoms with Crippen molar-refractivity contribution in [3.05, 3.63) is 66.9 Å². The zero-order valence-corrected chi connectivity index (χ0v) is 18.2. The lowest BCUT2D eigenvalue weighted by Gasteiger charge is -2.32. The molecule has 2 aromatic carbocycles. The fraction of sp³-hybridized carbons (Fsp3) is 0.385. The van der Waals surface area contributed by atoms with Crippen LogP contribution in [-0.2, 0) is 4.79 Å². The first-order chi connectivity index (χ1) is 14.5. The van der Waals surface area contributed by atoms with Gasteiger partial charge in [0.25, 0.3) is 0 Å². The van der Waals surface area contributed by atoms with Crippen molar-refractivity contribution in [2.45, 2.75) is 52.5 Å². The lowest BCUT2D eigenvalue weighted by Crippen LogP contribution is -2.42. The van der Waals surface area contributed by atoms with Crippen molar-refractivity contribution in [3.8, 4) is 16.8 Å². The molecule has 4 heteroatoms. The summed E-state index contributed by atoms with van der Waals surface area (Å²) < 4.78 is 1.86. The molecule has 1 saturated carbocycles. The maximum absolute atomic E-state index is 13.3. The van der Waals surface area contributed by atoms with Gasteiger partial charge in [-0.15, -0.1) is 5.10 Å². The Morgan fingerprint density at radius 1 is 0.933 bits per heavy atom. The number of benzene rings is 2. The molecule has 0 N–H and O–H groups in total. The van der Waals surface area contributed by atoms with E-state index in [9.17, 15) is 4.79 Å². The van der Waals surface area contributed by atoms with Crippen molar-refractivity contribution in [1.82, 2.24) is 9.78 Å². The molecule has 1 fully saturated rings. The third kappa shape index (κ3) is 4.33. The molecule has 0 spiro atoms. The van der Waals surface area contributed by atoms with Crippen LogP contribution < -0.4 is 4.90 Å². The minimum absolute atomic E-state index is 0.0839. The Hall–Kier alpha value is -2.88. The summed E-state index contributed by atoms with van der Waals surface area (Å²) in [6.07, 6.45) is 6.21. The van der Waals surface area contributed by atoms with E-state index in [1.165, 1.54) is 11.1 Å². The number of carbonyl (C=O) groups is 1. The number of aromatic nitrogens is 2. The second-order valence-electron chi connectivity index (χ2n) is 8.79. The quantitative estimate of drug-likeness (QED) is 0.517. The zero-order valence-electron chi connectivity index (χ0n) is 18.2. The fourth-order valence-electron chi connectivity index (χ4n) is 4.36. The summed E-state index contributed by atoms with van der Waals surface area (Å²) in [7, 11) is 0. The van der Waals surface area contributed by atoms with Crippen molar-refractivity contribution >= 4 is 11.7 Å². The standard InChI is InChI=1S/C26H31N3O/c1-19(2)29(26(30)23-11-9-20(3)10-12-23)25-17-18-28(27-25)24-15-13-22(14-16-24)21-7-5-4-6-8-21/h4-8,13-20,23H,9-12H2,1-3H3. The summed E-state index contributed by atoms with van der Waals surface area (Å²) >= 11 is 0. The highest BCUT2D eigenvalue weighted by Gasteiger charge is 2.31. The number of carbonyl (C=O) groups excluding carboxylic acids is 1. The highest BCUT2D eigenvalue weighted by atomic mass is 16.2. The third-order valence-electron chi connectivity index (χ3n) is 6.18. The predicted octanol–water partition coefficient (Wildman–Crippen LogP) is 6.11. The van der Waals surface area contributed by atoms with Gasteiger partial charge in [-0.2, -0.15) is 0 Å². The Morgan fingerprint density at radius 2 is 1.57 bits per heavy atom. The van der Waals surface area contributed by atoms with Gasteiger partial charge in [-0.1, -0.05) is 49.4 Å². The first kappa shape index (κ1) is 20.4. The second kappa shape index (κ2) is 8.86. The van der Waals surface area contributed by atoms with Crippen LogP contribution in [0.4, 0.5) is 5.82 Å². The fourth-order valence-corrected chi connectivity index (χ4v) is 4.36. The average molecular weight is 402 g/mol. The molecule has 30 heavy (non-hydrogen) atoms. The van der Waals surface area contributed by atoms with Gasteiger partial charge in [-0.25, -0.2) is 4.68 Å². The van der Waals surface area contributed by atoms with Crippen molar-refractivity contribution in [2.75, 3.05) is 4.90 Å². The van der Waals surface area contributed by atoms with Crippen LogP contribution in [0.3, 0.4) is 0 Å². The molecule has 4 rings (SSSR count). The summed E-state index contributed by atoms with van der Waals surface area (Å²) in [5, 5.41) is 4.76. The normalized spacial score (nSPS) is 19.1. The molecule has 1 aliphatic carbocycles. The molecule has 0 aliphatic heterocycles. The summed E-state index contributed by atoms with van der Waals surface area (Å²) in [5.74, 6) is 1.82. The van der Waals surface area contributed by atoms with Crippen molar-refractivity contribution in [2.24, 2.45) is 11.8 Å². The molecule has 1 heterocycles. The zero-order chi connectivity index (χ0) is 21.1. The van der Waals surface area contributed by atoms with E-state index >= 15 is 0 Å². The van der Waals surface area contributed by atoms with Gasteiger partial charge >= 0.3 is 0 Å². The monoisotopic (exact) mass is 401 g/mol. The van der Waals surface area contributed by atoms with Gasteiger partial charge in [0.15, 0.2) is 5.82 Å². The maximum atomic E-state index is 13.3. The van der Waals surface area contributed by atoms with Gasteiger partial charge in [-0.3, -0.25) is 9.69 Å². The molecule has 0 unspecified atom stereocenters. The number of hydrogen-bond donors (Lipinski definition) is 0. The van der Waals surface area contributed by atoms with E-state index in [-0.39, 0.29) is 17.9 Å². The van der Waals surface area contributed by atoms with Crippen LogP contribution in [0.5, 0.6) is 0 Å². The second-order valence-corrected chi connectivity index (χ2v) is 8.79. The third-order valence-corrected chi connectivity index (χ3v) is 6.18. The molecule has 0 atom stereocenters. The van der Waals surface area contributed by atoms with Gasteiger partial charge < -0.3 is 0 Å². The highest BCUT2D eigenvalue weighted by molar-refractivity contribution is 5.94. The maximum Gasteiger partial charge on any atom is 0.231 e. The Balaban J connectivity index is 1.53. The number of anilines is 1. The van der Waals surface area contributed by atoms with Crippen molar-refractivity contribution in [1.29, 1.82) is 0 Å². The Morgan fingerprint density at radius 3 is 2.20 bits per heavy atom. The van der Waals surface area contributed by atoms with E-state index in [0.717, 1.165) is 43.1 Å². The molecular formula is C26H31N3O. The van der Waals surface area contributed by atoms with Crippen LogP contribution in [0, 0.1) is 11.8 Å². The Labute approximate surface area is 179 Å². The van der Waals surface area contributed by atoms with Crippen LogP contribution in [0.25, 0.3) is 16.8 Å². The summed E-state index contributed by atoms with van der Waals surface area (Å²) in [6.45, 7) is 6.42. The Bertz CT molecular complexity index is 967. The van der Waals surface area contributed by atoms with E-state index < -0.39 is 0 Å². The number of amides is 1. The van der Waals surface area contributed by atoms with Gasteiger partial charge in [-0.05, 0) is 68.7 Å². The van der Waals surface area contributed by atoms with Crippen LogP contribution >= 0.6 is 0 Å².